The van der Waals surface area contributed by atoms with Gasteiger partial charge in [0.05, 0.1) is 40.4 Å². The first-order valence-corrected chi connectivity index (χ1v) is 9.99. The zero-order valence-corrected chi connectivity index (χ0v) is 17.3. The summed E-state index contributed by atoms with van der Waals surface area (Å²) in [5.41, 5.74) is 8.20. The number of hydrogen-bond acceptors (Lipinski definition) is 5. The van der Waals surface area contributed by atoms with Crippen LogP contribution in [0.15, 0.2) is 36.7 Å². The van der Waals surface area contributed by atoms with Gasteiger partial charge >= 0.3 is 6.18 Å². The minimum Gasteiger partial charge on any atom is -0.383 e. The van der Waals surface area contributed by atoms with Crippen LogP contribution in [0, 0.1) is 0 Å². The van der Waals surface area contributed by atoms with Crippen molar-refractivity contribution in [1.82, 2.24) is 24.6 Å². The molecule has 0 bridgehead atoms. The second kappa shape index (κ2) is 6.91. The SMILES string of the molecule is CN(C(=O)c1cc2c(cn1)nc(N)c1cnn(C)c12)C1CCc2cc(C(F)(F)F)ccc21. The molecular weight excluding hydrogens is 421 g/mol. The van der Waals surface area contributed by atoms with Crippen LogP contribution in [-0.2, 0) is 19.6 Å². The van der Waals surface area contributed by atoms with Gasteiger partial charge in [-0.1, -0.05) is 6.07 Å². The van der Waals surface area contributed by atoms with Crippen LogP contribution < -0.4 is 5.73 Å². The number of aryl methyl sites for hydroxylation is 2. The number of benzene rings is 1. The molecule has 7 nitrogen and oxygen atoms in total. The number of carbonyl (C=O) groups excluding carboxylic acids is 1. The maximum atomic E-state index is 13.3. The molecule has 0 spiro atoms. The van der Waals surface area contributed by atoms with Crippen molar-refractivity contribution in [3.05, 3.63) is 59.0 Å². The van der Waals surface area contributed by atoms with Crippen molar-refractivity contribution in [2.24, 2.45) is 7.05 Å². The number of nitrogens with zero attached hydrogens (tertiary/aromatic N) is 5. The highest BCUT2D eigenvalue weighted by atomic mass is 19.4. The van der Waals surface area contributed by atoms with E-state index in [1.807, 2.05) is 0 Å². The highest BCUT2D eigenvalue weighted by Crippen LogP contribution is 2.39. The van der Waals surface area contributed by atoms with E-state index in [-0.39, 0.29) is 17.6 Å². The van der Waals surface area contributed by atoms with E-state index < -0.39 is 11.7 Å². The Hall–Kier alpha value is -3.69. The number of alkyl halides is 3. The topological polar surface area (TPSA) is 89.9 Å². The Bertz CT molecular complexity index is 1390. The number of nitrogens with two attached hydrogens (primary N) is 1. The fourth-order valence-electron chi connectivity index (χ4n) is 4.47. The van der Waals surface area contributed by atoms with Crippen LogP contribution in [0.25, 0.3) is 21.8 Å². The van der Waals surface area contributed by atoms with E-state index in [4.69, 9.17) is 5.73 Å². The van der Waals surface area contributed by atoms with Crippen LogP contribution >= 0.6 is 0 Å². The molecular formula is C22H19F3N6O. The Morgan fingerprint density at radius 3 is 2.75 bits per heavy atom. The summed E-state index contributed by atoms with van der Waals surface area (Å²) in [4.78, 5) is 23.4. The summed E-state index contributed by atoms with van der Waals surface area (Å²) in [7, 11) is 3.42. The first kappa shape index (κ1) is 20.2. The van der Waals surface area contributed by atoms with Gasteiger partial charge in [0.2, 0.25) is 0 Å². The molecule has 3 aromatic heterocycles. The van der Waals surface area contributed by atoms with E-state index in [0.29, 0.717) is 40.5 Å². The third-order valence-electron chi connectivity index (χ3n) is 6.12. The van der Waals surface area contributed by atoms with Gasteiger partial charge in [-0.15, -0.1) is 0 Å². The minimum absolute atomic E-state index is 0.217. The standard InChI is InChI=1S/C22H19F3N6O/c1-30(18-6-3-11-7-12(22(23,24)25)4-5-13(11)18)21(32)16-8-14-17(10-27-16)29-20(26)15-9-28-31(2)19(14)15/h4-5,7-10,18H,3,6H2,1-2H3,(H2,26,29). The summed E-state index contributed by atoms with van der Waals surface area (Å²) in [6, 6.07) is 5.06. The number of pyridine rings is 2. The molecule has 1 aliphatic rings. The lowest BCUT2D eigenvalue weighted by molar-refractivity contribution is -0.137. The molecule has 164 valence electrons. The molecule has 5 rings (SSSR count). The van der Waals surface area contributed by atoms with Crippen LogP contribution in [0.5, 0.6) is 0 Å². The van der Waals surface area contributed by atoms with Crippen LogP contribution in [0.1, 0.15) is 39.6 Å². The van der Waals surface area contributed by atoms with Gasteiger partial charge in [-0.2, -0.15) is 18.3 Å². The third-order valence-corrected chi connectivity index (χ3v) is 6.12. The Morgan fingerprint density at radius 2 is 2.00 bits per heavy atom. The maximum absolute atomic E-state index is 13.3. The molecule has 1 aliphatic carbocycles. The molecule has 0 saturated heterocycles. The van der Waals surface area contributed by atoms with E-state index in [1.54, 1.807) is 35.9 Å². The fraction of sp³-hybridized carbons (Fsp3) is 0.273. The van der Waals surface area contributed by atoms with Gasteiger partial charge < -0.3 is 10.6 Å². The average Bonchev–Trinajstić information content (AvgIpc) is 3.36. The highest BCUT2D eigenvalue weighted by molar-refractivity contribution is 6.09. The number of halogens is 3. The molecule has 1 aromatic carbocycles. The van der Waals surface area contributed by atoms with E-state index in [1.165, 1.54) is 18.3 Å². The molecule has 0 fully saturated rings. The van der Waals surface area contributed by atoms with Crippen LogP contribution in [0.3, 0.4) is 0 Å². The van der Waals surface area contributed by atoms with Crippen molar-refractivity contribution in [3.63, 3.8) is 0 Å². The number of nitrogen functional groups attached to an aromatic ring is 1. The lowest BCUT2D eigenvalue weighted by Crippen LogP contribution is -2.30. The molecule has 0 aliphatic heterocycles. The van der Waals surface area contributed by atoms with Crippen LogP contribution in [-0.4, -0.2) is 37.6 Å². The van der Waals surface area contributed by atoms with Crippen molar-refractivity contribution in [1.29, 1.82) is 0 Å². The summed E-state index contributed by atoms with van der Waals surface area (Å²) >= 11 is 0. The predicted molar refractivity (Wildman–Crippen MR) is 113 cm³/mol. The molecule has 3 heterocycles. The monoisotopic (exact) mass is 440 g/mol. The summed E-state index contributed by atoms with van der Waals surface area (Å²) in [6.45, 7) is 0. The van der Waals surface area contributed by atoms with E-state index >= 15 is 0 Å². The van der Waals surface area contributed by atoms with Gasteiger partial charge in [0.15, 0.2) is 0 Å². The zero-order valence-electron chi connectivity index (χ0n) is 17.3. The first-order chi connectivity index (χ1) is 15.1. The van der Waals surface area contributed by atoms with Gasteiger partial charge in [0.1, 0.15) is 11.5 Å². The van der Waals surface area contributed by atoms with E-state index in [0.717, 1.165) is 17.1 Å². The van der Waals surface area contributed by atoms with E-state index in [2.05, 4.69) is 15.1 Å². The average molecular weight is 440 g/mol. The van der Waals surface area contributed by atoms with Gasteiger partial charge in [0.25, 0.3) is 5.91 Å². The third kappa shape index (κ3) is 3.05. The van der Waals surface area contributed by atoms with Crippen molar-refractivity contribution < 1.29 is 18.0 Å². The van der Waals surface area contributed by atoms with Crippen LogP contribution in [0.4, 0.5) is 19.0 Å². The summed E-state index contributed by atoms with van der Waals surface area (Å²) in [6.07, 6.45) is -0.242. The second-order valence-corrected chi connectivity index (χ2v) is 8.00. The normalized spacial score (nSPS) is 16.0. The smallest absolute Gasteiger partial charge is 0.383 e. The Labute approximate surface area is 180 Å². The second-order valence-electron chi connectivity index (χ2n) is 8.00. The molecule has 0 radical (unpaired) electrons. The van der Waals surface area contributed by atoms with Gasteiger partial charge in [-0.05, 0) is 42.2 Å². The van der Waals surface area contributed by atoms with E-state index in [9.17, 15) is 18.0 Å². The molecule has 10 heteroatoms. The number of fused-ring (bicyclic) bond motifs is 4. The molecule has 1 amide bonds. The molecule has 2 N–H and O–H groups in total. The number of aromatic nitrogens is 4. The van der Waals surface area contributed by atoms with Gasteiger partial charge in [-0.25, -0.2) is 9.97 Å². The molecule has 1 atom stereocenters. The summed E-state index contributed by atoms with van der Waals surface area (Å²) < 4.78 is 40.8. The van der Waals surface area contributed by atoms with Crippen molar-refractivity contribution >= 4 is 33.5 Å². The largest absolute Gasteiger partial charge is 0.416 e. The van der Waals surface area contributed by atoms with Crippen molar-refractivity contribution in [2.45, 2.75) is 25.1 Å². The number of rotatable bonds is 2. The quantitative estimate of drug-likeness (QED) is 0.511. The molecule has 4 aromatic rings. The molecule has 32 heavy (non-hydrogen) atoms. The zero-order chi connectivity index (χ0) is 22.8. The molecule has 0 saturated carbocycles. The number of amides is 1. The first-order valence-electron chi connectivity index (χ1n) is 9.99. The summed E-state index contributed by atoms with van der Waals surface area (Å²) in [5, 5.41) is 5.61. The van der Waals surface area contributed by atoms with Crippen molar-refractivity contribution in [2.75, 3.05) is 12.8 Å². The lowest BCUT2D eigenvalue weighted by Gasteiger charge is -2.25. The summed E-state index contributed by atoms with van der Waals surface area (Å²) in [5.74, 6) is 0.0103. The molecule has 1 unspecified atom stereocenters. The Morgan fingerprint density at radius 1 is 1.22 bits per heavy atom. The maximum Gasteiger partial charge on any atom is 0.416 e. The lowest BCUT2D eigenvalue weighted by atomic mass is 10.0. The number of hydrogen-bond donors (Lipinski definition) is 1. The fourth-order valence-corrected chi connectivity index (χ4v) is 4.47. The number of anilines is 1. The predicted octanol–water partition coefficient (Wildman–Crippen LogP) is 3.88. The highest BCUT2D eigenvalue weighted by Gasteiger charge is 2.35. The van der Waals surface area contributed by atoms with Gasteiger partial charge in [-0.3, -0.25) is 9.48 Å². The Kier molecular flexibility index (Phi) is 4.37. The number of carbonyl (C=O) groups is 1. The Balaban J connectivity index is 1.51. The van der Waals surface area contributed by atoms with Crippen molar-refractivity contribution in [3.8, 4) is 0 Å². The minimum atomic E-state index is -4.39. The van der Waals surface area contributed by atoms with Gasteiger partial charge in [0, 0.05) is 19.5 Å². The van der Waals surface area contributed by atoms with Crippen LogP contribution in [0.2, 0.25) is 0 Å².